The van der Waals surface area contributed by atoms with Crippen LogP contribution in [0.25, 0.3) is 0 Å². The van der Waals surface area contributed by atoms with Crippen LogP contribution in [0.3, 0.4) is 0 Å². The summed E-state index contributed by atoms with van der Waals surface area (Å²) in [6, 6.07) is 3.93. The Hall–Kier alpha value is -1.77. The Morgan fingerprint density at radius 1 is 1.46 bits per heavy atom. The lowest BCUT2D eigenvalue weighted by molar-refractivity contribution is -0.385. The molecule has 24 heavy (non-hydrogen) atoms. The quantitative estimate of drug-likeness (QED) is 0.617. The fourth-order valence-corrected chi connectivity index (χ4v) is 2.88. The van der Waals surface area contributed by atoms with Crippen LogP contribution < -0.4 is 0 Å². The molecular weight excluding hydrogens is 341 g/mol. The number of rotatable bonds is 6. The maximum absolute atomic E-state index is 13.9. The second kappa shape index (κ2) is 8.91. The molecule has 0 bridgehead atoms. The third-order valence-electron chi connectivity index (χ3n) is 4.21. The van der Waals surface area contributed by atoms with Gasteiger partial charge >= 0.3 is 5.97 Å². The van der Waals surface area contributed by atoms with Gasteiger partial charge in [-0.3, -0.25) is 24.7 Å². The number of carboxylic acids is 1. The molecule has 2 rings (SSSR count). The number of non-ortho nitro benzene ring substituents is 1. The van der Waals surface area contributed by atoms with E-state index >= 15 is 0 Å². The van der Waals surface area contributed by atoms with Gasteiger partial charge < -0.3 is 5.11 Å². The lowest BCUT2D eigenvalue weighted by Gasteiger charge is -2.36. The molecular formula is C15H21ClFN3O4. The highest BCUT2D eigenvalue weighted by Crippen LogP contribution is 2.21. The van der Waals surface area contributed by atoms with Crippen LogP contribution in [0.2, 0.25) is 0 Å². The molecule has 1 aromatic carbocycles. The summed E-state index contributed by atoms with van der Waals surface area (Å²) < 4.78 is 13.9. The highest BCUT2D eigenvalue weighted by Gasteiger charge is 2.24. The predicted octanol–water partition coefficient (Wildman–Crippen LogP) is 2.14. The second-order valence-electron chi connectivity index (χ2n) is 5.85. The van der Waals surface area contributed by atoms with Crippen LogP contribution in [0.4, 0.5) is 10.1 Å². The highest BCUT2D eigenvalue weighted by atomic mass is 35.5. The molecule has 9 heteroatoms. The Kier molecular flexibility index (Phi) is 7.53. The highest BCUT2D eigenvalue weighted by molar-refractivity contribution is 5.85. The van der Waals surface area contributed by atoms with E-state index in [2.05, 4.69) is 4.90 Å². The van der Waals surface area contributed by atoms with Crippen molar-refractivity contribution >= 4 is 24.1 Å². The zero-order valence-corrected chi connectivity index (χ0v) is 14.2. The van der Waals surface area contributed by atoms with Crippen molar-refractivity contribution in [2.75, 3.05) is 26.7 Å². The largest absolute Gasteiger partial charge is 0.480 e. The van der Waals surface area contributed by atoms with Crippen LogP contribution in [0.5, 0.6) is 0 Å². The van der Waals surface area contributed by atoms with Gasteiger partial charge in [0.15, 0.2) is 0 Å². The van der Waals surface area contributed by atoms with Crippen molar-refractivity contribution < 1.29 is 19.2 Å². The zero-order chi connectivity index (χ0) is 17.0. The fourth-order valence-electron chi connectivity index (χ4n) is 2.88. The van der Waals surface area contributed by atoms with E-state index in [9.17, 15) is 19.3 Å². The van der Waals surface area contributed by atoms with Gasteiger partial charge in [0.2, 0.25) is 0 Å². The molecule has 1 aliphatic heterocycles. The number of benzene rings is 1. The second-order valence-corrected chi connectivity index (χ2v) is 5.85. The fraction of sp³-hybridized carbons (Fsp3) is 0.533. The molecule has 1 saturated heterocycles. The van der Waals surface area contributed by atoms with Gasteiger partial charge in [0.05, 0.1) is 17.5 Å². The molecule has 1 fully saturated rings. The first-order chi connectivity index (χ1) is 10.9. The molecule has 0 atom stereocenters. The summed E-state index contributed by atoms with van der Waals surface area (Å²) in [6.45, 7) is 1.90. The molecule has 1 aromatic rings. The van der Waals surface area contributed by atoms with Crippen LogP contribution >= 0.6 is 12.4 Å². The summed E-state index contributed by atoms with van der Waals surface area (Å²) >= 11 is 0. The smallest absolute Gasteiger partial charge is 0.317 e. The lowest BCUT2D eigenvalue weighted by atomic mass is 10.0. The number of hydrogen-bond acceptors (Lipinski definition) is 5. The van der Waals surface area contributed by atoms with Gasteiger partial charge in [-0.1, -0.05) is 0 Å². The van der Waals surface area contributed by atoms with Crippen LogP contribution in [-0.2, 0) is 11.3 Å². The summed E-state index contributed by atoms with van der Waals surface area (Å²) in [5.41, 5.74) is 0.188. The van der Waals surface area contributed by atoms with Crippen LogP contribution in [-0.4, -0.2) is 58.5 Å². The van der Waals surface area contributed by atoms with E-state index in [-0.39, 0.29) is 30.7 Å². The van der Waals surface area contributed by atoms with Crippen molar-refractivity contribution in [1.29, 1.82) is 0 Å². The van der Waals surface area contributed by atoms with Crippen molar-refractivity contribution in [1.82, 2.24) is 9.80 Å². The first kappa shape index (κ1) is 20.3. The Morgan fingerprint density at radius 3 is 2.58 bits per heavy atom. The van der Waals surface area contributed by atoms with Gasteiger partial charge in [-0.2, -0.15) is 0 Å². The van der Waals surface area contributed by atoms with Gasteiger partial charge in [0, 0.05) is 24.2 Å². The minimum atomic E-state index is -0.845. The topological polar surface area (TPSA) is 86.9 Å². The molecule has 0 amide bonds. The van der Waals surface area contributed by atoms with Crippen LogP contribution in [0, 0.1) is 15.9 Å². The summed E-state index contributed by atoms with van der Waals surface area (Å²) in [4.78, 5) is 24.6. The Balaban J connectivity index is 0.00000288. The number of carbonyl (C=O) groups is 1. The molecule has 0 radical (unpaired) electrons. The van der Waals surface area contributed by atoms with Crippen LogP contribution in [0.15, 0.2) is 18.2 Å². The molecule has 0 aromatic heterocycles. The molecule has 0 aliphatic carbocycles. The predicted molar refractivity (Wildman–Crippen MR) is 88.9 cm³/mol. The minimum Gasteiger partial charge on any atom is -0.480 e. The maximum Gasteiger partial charge on any atom is 0.317 e. The third-order valence-corrected chi connectivity index (χ3v) is 4.21. The van der Waals surface area contributed by atoms with Crippen LogP contribution in [0.1, 0.15) is 18.4 Å². The number of carboxylic acid groups (broad SMARTS) is 1. The van der Waals surface area contributed by atoms with E-state index < -0.39 is 16.7 Å². The molecule has 1 aliphatic rings. The number of hydrogen-bond donors (Lipinski definition) is 1. The Labute approximate surface area is 145 Å². The monoisotopic (exact) mass is 361 g/mol. The number of halogens is 2. The van der Waals surface area contributed by atoms with Gasteiger partial charge in [-0.05, 0) is 39.0 Å². The zero-order valence-electron chi connectivity index (χ0n) is 13.4. The number of likely N-dealkylation sites (N-methyl/N-ethyl adjacent to an activating group) is 1. The van der Waals surface area contributed by atoms with Crippen molar-refractivity contribution in [3.63, 3.8) is 0 Å². The van der Waals surface area contributed by atoms with E-state index in [1.165, 1.54) is 12.1 Å². The molecule has 0 spiro atoms. The molecule has 1 N–H and O–H groups in total. The van der Waals surface area contributed by atoms with E-state index in [0.717, 1.165) is 32.0 Å². The van der Waals surface area contributed by atoms with Gasteiger partial charge in [-0.25, -0.2) is 4.39 Å². The molecule has 0 unspecified atom stereocenters. The van der Waals surface area contributed by atoms with E-state index in [0.29, 0.717) is 12.1 Å². The normalized spacial score (nSPS) is 16.0. The number of aliphatic carboxylic acids is 1. The summed E-state index contributed by atoms with van der Waals surface area (Å²) in [7, 11) is 1.80. The van der Waals surface area contributed by atoms with E-state index in [4.69, 9.17) is 5.11 Å². The van der Waals surface area contributed by atoms with Gasteiger partial charge in [0.1, 0.15) is 5.82 Å². The molecule has 1 heterocycles. The standard InChI is InChI=1S/C15H20FN3O4.ClH/c1-17(10-15(20)21)12-4-6-18(7-5-12)9-11-2-3-13(19(22)23)8-14(11)16;/h2-3,8,12H,4-7,9-10H2,1H3,(H,20,21);1H. The maximum atomic E-state index is 13.9. The SMILES string of the molecule is CN(CC(=O)O)C1CCN(Cc2ccc([N+](=O)[O-])cc2F)CC1.Cl. The molecule has 7 nitrogen and oxygen atoms in total. The summed E-state index contributed by atoms with van der Waals surface area (Å²) in [5.74, 6) is -1.41. The lowest BCUT2D eigenvalue weighted by Crippen LogP contribution is -2.44. The Bertz CT molecular complexity index is 594. The van der Waals surface area contributed by atoms with Gasteiger partial charge in [-0.15, -0.1) is 12.4 Å². The number of nitrogens with zero attached hydrogens (tertiary/aromatic N) is 3. The van der Waals surface area contributed by atoms with Crippen molar-refractivity contribution in [2.45, 2.75) is 25.4 Å². The average molecular weight is 362 g/mol. The first-order valence-corrected chi connectivity index (χ1v) is 7.44. The van der Waals surface area contributed by atoms with Crippen molar-refractivity contribution in [3.05, 3.63) is 39.7 Å². The number of nitro benzene ring substituents is 1. The summed E-state index contributed by atoms with van der Waals surface area (Å²) in [6.07, 6.45) is 1.64. The van der Waals surface area contributed by atoms with Crippen molar-refractivity contribution in [2.24, 2.45) is 0 Å². The number of piperidine rings is 1. The van der Waals surface area contributed by atoms with Crippen molar-refractivity contribution in [3.8, 4) is 0 Å². The van der Waals surface area contributed by atoms with E-state index in [1.54, 1.807) is 7.05 Å². The van der Waals surface area contributed by atoms with E-state index in [1.807, 2.05) is 4.90 Å². The first-order valence-electron chi connectivity index (χ1n) is 7.44. The Morgan fingerprint density at radius 2 is 2.08 bits per heavy atom. The third kappa shape index (κ3) is 5.40. The molecule has 134 valence electrons. The average Bonchev–Trinajstić information content (AvgIpc) is 2.49. The molecule has 0 saturated carbocycles. The van der Waals surface area contributed by atoms with Gasteiger partial charge in [0.25, 0.3) is 5.69 Å². The number of likely N-dealkylation sites (tertiary alicyclic amines) is 1. The number of nitro groups is 1. The summed E-state index contributed by atoms with van der Waals surface area (Å²) in [5, 5.41) is 19.4. The minimum absolute atomic E-state index is 0.